The fraction of sp³-hybridized carbons (Fsp3) is 0.556. The molecule has 0 bridgehead atoms. The van der Waals surface area contributed by atoms with Crippen LogP contribution in [0.2, 0.25) is 0 Å². The minimum absolute atomic E-state index is 0. The molecule has 0 unspecified atom stereocenters. The van der Waals surface area contributed by atoms with Crippen LogP contribution in [-0.4, -0.2) is 26.0 Å². The van der Waals surface area contributed by atoms with Crippen molar-refractivity contribution in [2.24, 2.45) is 0 Å². The summed E-state index contributed by atoms with van der Waals surface area (Å²) in [5.41, 5.74) is 3.05. The molecule has 0 fully saturated rings. The first-order valence-electron chi connectivity index (χ1n) is 4.53. The summed E-state index contributed by atoms with van der Waals surface area (Å²) in [5.74, 6) is 0.974. The summed E-state index contributed by atoms with van der Waals surface area (Å²) in [7, 11) is 5.53. The maximum atomic E-state index is 5.53. The van der Waals surface area contributed by atoms with Crippen molar-refractivity contribution in [3.05, 3.63) is 24.2 Å². The molecule has 5 heteroatoms. The van der Waals surface area contributed by atoms with Gasteiger partial charge in [0.05, 0.1) is 0 Å². The molecule has 3 nitrogen and oxygen atoms in total. The van der Waals surface area contributed by atoms with Crippen LogP contribution in [0.5, 0.6) is 0 Å². The molecular weight excluding hydrogens is 252 g/mol. The van der Waals surface area contributed by atoms with Crippen LogP contribution >= 0.6 is 0 Å². The second kappa shape index (κ2) is 8.66. The quantitative estimate of drug-likeness (QED) is 0.359. The van der Waals surface area contributed by atoms with E-state index in [4.69, 9.17) is 12.4 Å². The third kappa shape index (κ3) is 5.97. The zero-order valence-electron chi connectivity index (χ0n) is 8.49. The van der Waals surface area contributed by atoms with Gasteiger partial charge < -0.3 is 4.42 Å². The zero-order chi connectivity index (χ0) is 9.52. The van der Waals surface area contributed by atoms with Crippen LogP contribution in [-0.2, 0) is 39.1 Å². The van der Waals surface area contributed by atoms with E-state index < -0.39 is 0 Å². The molecule has 0 spiro atoms. The number of aryl methyl sites for hydroxylation is 1. The molecule has 1 rings (SSSR count). The SMILES string of the molecule is [B]N(CC)NCCCc1cc[c-]o1.[Y]. The summed E-state index contributed by atoms with van der Waals surface area (Å²) < 4.78 is 5.07. The topological polar surface area (TPSA) is 28.4 Å². The van der Waals surface area contributed by atoms with Crippen LogP contribution in [0.1, 0.15) is 19.1 Å². The smallest absolute Gasteiger partial charge is 0.206 e. The first-order valence-corrected chi connectivity index (χ1v) is 4.53. The average Bonchev–Trinajstić information content (AvgIpc) is 2.64. The first kappa shape index (κ1) is 14.4. The Morgan fingerprint density at radius 1 is 1.64 bits per heavy atom. The van der Waals surface area contributed by atoms with Crippen molar-refractivity contribution in [3.63, 3.8) is 0 Å². The molecule has 0 amide bonds. The largest absolute Gasteiger partial charge is 0.596 e. The fourth-order valence-corrected chi connectivity index (χ4v) is 1.00. The van der Waals surface area contributed by atoms with Gasteiger partial charge >= 0.3 is 0 Å². The van der Waals surface area contributed by atoms with E-state index in [2.05, 4.69) is 11.7 Å². The second-order valence-electron chi connectivity index (χ2n) is 2.82. The van der Waals surface area contributed by atoms with Crippen molar-refractivity contribution in [2.75, 3.05) is 13.1 Å². The Balaban J connectivity index is 0.00000169. The Morgan fingerprint density at radius 3 is 3.00 bits per heavy atom. The van der Waals surface area contributed by atoms with E-state index in [1.165, 1.54) is 0 Å². The van der Waals surface area contributed by atoms with Gasteiger partial charge in [-0.25, -0.2) is 0 Å². The van der Waals surface area contributed by atoms with Gasteiger partial charge in [-0.1, -0.05) is 19.1 Å². The van der Waals surface area contributed by atoms with Crippen LogP contribution in [0.3, 0.4) is 0 Å². The average molecular weight is 266 g/mol. The maximum Gasteiger partial charge on any atom is 0.206 e. The minimum atomic E-state index is 0. The molecule has 1 aromatic heterocycles. The molecule has 0 saturated heterocycles. The third-order valence-corrected chi connectivity index (χ3v) is 1.78. The van der Waals surface area contributed by atoms with Crippen molar-refractivity contribution < 1.29 is 37.1 Å². The van der Waals surface area contributed by atoms with Crippen molar-refractivity contribution in [2.45, 2.75) is 19.8 Å². The standard InChI is InChI=1S/C9H14BN2O.Y/c1-2-12(10)11-7-3-5-9-6-4-8-13-9;/h4,6,11H,2-3,5,7H2,1H3;/q-1;. The minimum Gasteiger partial charge on any atom is -0.596 e. The number of nitrogens with zero attached hydrogens (tertiary/aromatic N) is 1. The second-order valence-corrected chi connectivity index (χ2v) is 2.82. The summed E-state index contributed by atoms with van der Waals surface area (Å²) in [6.07, 6.45) is 4.59. The van der Waals surface area contributed by atoms with Gasteiger partial charge in [0.25, 0.3) is 0 Å². The van der Waals surface area contributed by atoms with E-state index in [-0.39, 0.29) is 32.7 Å². The van der Waals surface area contributed by atoms with E-state index in [1.54, 1.807) is 11.0 Å². The van der Waals surface area contributed by atoms with Crippen LogP contribution in [0.4, 0.5) is 0 Å². The number of furan rings is 1. The zero-order valence-corrected chi connectivity index (χ0v) is 11.3. The van der Waals surface area contributed by atoms with Crippen molar-refractivity contribution in [3.8, 4) is 0 Å². The normalized spacial score (nSPS) is 10.1. The van der Waals surface area contributed by atoms with Crippen molar-refractivity contribution >= 4 is 7.98 Å². The third-order valence-electron chi connectivity index (χ3n) is 1.78. The molecule has 73 valence electrons. The molecule has 1 N–H and O–H groups in total. The molecule has 0 aliphatic heterocycles. The molecule has 0 aromatic carbocycles. The van der Waals surface area contributed by atoms with E-state index >= 15 is 0 Å². The van der Waals surface area contributed by atoms with E-state index in [1.807, 2.05) is 13.0 Å². The van der Waals surface area contributed by atoms with Crippen LogP contribution in [0.15, 0.2) is 16.5 Å². The number of hydrogen-bond acceptors (Lipinski definition) is 3. The maximum absolute atomic E-state index is 5.53. The van der Waals surface area contributed by atoms with E-state index in [0.717, 1.165) is 31.7 Å². The molecule has 1 aromatic rings. The van der Waals surface area contributed by atoms with Gasteiger partial charge in [-0.05, 0) is 19.2 Å². The number of hydrazine groups is 1. The van der Waals surface area contributed by atoms with Gasteiger partial charge in [0.15, 0.2) is 0 Å². The van der Waals surface area contributed by atoms with E-state index in [9.17, 15) is 0 Å². The van der Waals surface area contributed by atoms with Crippen molar-refractivity contribution in [1.29, 1.82) is 0 Å². The Hall–Kier alpha value is 0.369. The molecule has 1 heterocycles. The van der Waals surface area contributed by atoms with Gasteiger partial charge in [-0.15, -0.1) is 6.07 Å². The predicted octanol–water partition coefficient (Wildman–Crippen LogP) is 0.920. The molecule has 0 aliphatic carbocycles. The summed E-state index contributed by atoms with van der Waals surface area (Å²) in [6.45, 7) is 3.66. The van der Waals surface area contributed by atoms with Crippen molar-refractivity contribution in [1.82, 2.24) is 10.3 Å². The number of rotatable bonds is 6. The monoisotopic (exact) mass is 266 g/mol. The fourth-order valence-electron chi connectivity index (χ4n) is 1.00. The number of nitrogens with one attached hydrogen (secondary N) is 1. The molecule has 0 atom stereocenters. The summed E-state index contributed by atoms with van der Waals surface area (Å²) >= 11 is 0. The Morgan fingerprint density at radius 2 is 2.43 bits per heavy atom. The first-order chi connectivity index (χ1) is 6.33. The summed E-state index contributed by atoms with van der Waals surface area (Å²) in [5, 5.41) is 0. The van der Waals surface area contributed by atoms with Crippen LogP contribution in [0.25, 0.3) is 0 Å². The Kier molecular flexibility index (Phi) is 8.89. The van der Waals surface area contributed by atoms with Gasteiger partial charge in [0.2, 0.25) is 7.98 Å². The molecule has 3 radical (unpaired) electrons. The molecule has 0 aliphatic rings. The van der Waals surface area contributed by atoms with Gasteiger partial charge in [-0.2, -0.15) is 6.07 Å². The summed E-state index contributed by atoms with van der Waals surface area (Å²) in [6, 6.07) is 3.71. The molecular formula is C9H14BN2OY-. The summed E-state index contributed by atoms with van der Waals surface area (Å²) in [4.78, 5) is 1.58. The van der Waals surface area contributed by atoms with Crippen LogP contribution < -0.4 is 5.43 Å². The van der Waals surface area contributed by atoms with Gasteiger partial charge in [-0.3, -0.25) is 10.3 Å². The van der Waals surface area contributed by atoms with Gasteiger partial charge in [0.1, 0.15) is 0 Å². The van der Waals surface area contributed by atoms with Gasteiger partial charge in [0, 0.05) is 39.3 Å². The van der Waals surface area contributed by atoms with E-state index in [0.29, 0.717) is 0 Å². The predicted molar refractivity (Wildman–Crippen MR) is 52.0 cm³/mol. The van der Waals surface area contributed by atoms with Crippen LogP contribution in [0, 0.1) is 6.26 Å². The molecule has 0 saturated carbocycles. The Bertz CT molecular complexity index is 219. The number of hydrogen-bond donors (Lipinski definition) is 1. The molecule has 14 heavy (non-hydrogen) atoms. The Labute approximate surface area is 112 Å².